The predicted molar refractivity (Wildman–Crippen MR) is 89.9 cm³/mol. The molecule has 124 valence electrons. The van der Waals surface area contributed by atoms with Gasteiger partial charge in [0.15, 0.2) is 5.13 Å². The molecule has 0 radical (unpaired) electrons. The minimum Gasteiger partial charge on any atom is -0.395 e. The molecule has 0 aliphatic rings. The van der Waals surface area contributed by atoms with E-state index >= 15 is 0 Å². The smallest absolute Gasteiger partial charge is 0.243 e. The molecule has 0 aliphatic heterocycles. The maximum absolute atomic E-state index is 12.9. The van der Waals surface area contributed by atoms with Crippen molar-refractivity contribution in [2.75, 3.05) is 25.0 Å². The van der Waals surface area contributed by atoms with Gasteiger partial charge in [-0.2, -0.15) is 0 Å². The molecule has 0 saturated carbocycles. The van der Waals surface area contributed by atoms with E-state index in [1.54, 1.807) is 19.1 Å². The van der Waals surface area contributed by atoms with Gasteiger partial charge in [0.2, 0.25) is 5.91 Å². The standard InChI is InChI=1S/C16H20FN3O2S/c1-3-20(8-9-21)11(2)15(22)19-16-18-14(10-23-16)12-4-6-13(17)7-5-12/h4-7,10-11,21H,3,8-9H2,1-2H3,(H,18,19,22). The van der Waals surface area contributed by atoms with Crippen molar-refractivity contribution in [3.63, 3.8) is 0 Å². The number of aliphatic hydroxyl groups is 1. The van der Waals surface area contributed by atoms with Crippen LogP contribution in [0.3, 0.4) is 0 Å². The number of halogens is 1. The predicted octanol–water partition coefficient (Wildman–Crippen LogP) is 2.59. The molecule has 1 atom stereocenters. The second-order valence-corrected chi connectivity index (χ2v) is 5.92. The van der Waals surface area contributed by atoms with Gasteiger partial charge in [0, 0.05) is 17.5 Å². The number of nitrogens with one attached hydrogen (secondary N) is 1. The van der Waals surface area contributed by atoms with Crippen LogP contribution in [0.5, 0.6) is 0 Å². The minimum absolute atomic E-state index is 0.0113. The molecule has 5 nitrogen and oxygen atoms in total. The summed E-state index contributed by atoms with van der Waals surface area (Å²) in [5, 5.41) is 14.1. The van der Waals surface area contributed by atoms with Crippen LogP contribution in [-0.4, -0.2) is 46.6 Å². The van der Waals surface area contributed by atoms with Gasteiger partial charge in [-0.25, -0.2) is 9.37 Å². The molecule has 1 heterocycles. The van der Waals surface area contributed by atoms with Crippen LogP contribution in [-0.2, 0) is 4.79 Å². The zero-order valence-electron chi connectivity index (χ0n) is 13.1. The number of likely N-dealkylation sites (N-methyl/N-ethyl adjacent to an activating group) is 1. The lowest BCUT2D eigenvalue weighted by Gasteiger charge is -2.25. The number of thiazole rings is 1. The Balaban J connectivity index is 2.03. The van der Waals surface area contributed by atoms with Gasteiger partial charge < -0.3 is 10.4 Å². The molecule has 23 heavy (non-hydrogen) atoms. The van der Waals surface area contributed by atoms with Crippen molar-refractivity contribution in [2.24, 2.45) is 0 Å². The number of carbonyl (C=O) groups is 1. The number of nitrogens with zero attached hydrogens (tertiary/aromatic N) is 2. The van der Waals surface area contributed by atoms with E-state index in [0.29, 0.717) is 23.9 Å². The quantitative estimate of drug-likeness (QED) is 0.815. The molecule has 0 bridgehead atoms. The zero-order valence-corrected chi connectivity index (χ0v) is 13.9. The number of hydrogen-bond acceptors (Lipinski definition) is 5. The van der Waals surface area contributed by atoms with Gasteiger partial charge >= 0.3 is 0 Å². The second kappa shape index (κ2) is 8.14. The fraction of sp³-hybridized carbons (Fsp3) is 0.375. The van der Waals surface area contributed by atoms with Crippen LogP contribution in [0.4, 0.5) is 9.52 Å². The molecule has 2 rings (SSSR count). The molecule has 0 spiro atoms. The largest absolute Gasteiger partial charge is 0.395 e. The number of carbonyl (C=O) groups excluding carboxylic acids is 1. The fourth-order valence-corrected chi connectivity index (χ4v) is 2.94. The Morgan fingerprint density at radius 1 is 1.43 bits per heavy atom. The average molecular weight is 337 g/mol. The lowest BCUT2D eigenvalue weighted by Crippen LogP contribution is -2.43. The Bertz CT molecular complexity index is 645. The van der Waals surface area contributed by atoms with Crippen LogP contribution in [0.15, 0.2) is 29.6 Å². The highest BCUT2D eigenvalue weighted by atomic mass is 32.1. The number of hydrogen-bond donors (Lipinski definition) is 2. The molecule has 7 heteroatoms. The van der Waals surface area contributed by atoms with Crippen LogP contribution in [0.25, 0.3) is 11.3 Å². The molecule has 0 fully saturated rings. The van der Waals surface area contributed by atoms with Crippen molar-refractivity contribution in [1.82, 2.24) is 9.88 Å². The van der Waals surface area contributed by atoms with Gasteiger partial charge in [-0.05, 0) is 37.7 Å². The maximum Gasteiger partial charge on any atom is 0.243 e. The van der Waals surface area contributed by atoms with Gasteiger partial charge in [0.1, 0.15) is 5.82 Å². The zero-order chi connectivity index (χ0) is 16.8. The molecular weight excluding hydrogens is 317 g/mol. The first-order valence-electron chi connectivity index (χ1n) is 7.42. The molecular formula is C16H20FN3O2S. The van der Waals surface area contributed by atoms with Crippen LogP contribution in [0.1, 0.15) is 13.8 Å². The first-order valence-corrected chi connectivity index (χ1v) is 8.30. The number of anilines is 1. The van der Waals surface area contributed by atoms with Crippen molar-refractivity contribution in [2.45, 2.75) is 19.9 Å². The number of rotatable bonds is 7. The van der Waals surface area contributed by atoms with Gasteiger partial charge in [-0.15, -0.1) is 11.3 Å². The van der Waals surface area contributed by atoms with E-state index in [1.165, 1.54) is 23.5 Å². The van der Waals surface area contributed by atoms with E-state index in [1.807, 2.05) is 17.2 Å². The lowest BCUT2D eigenvalue weighted by atomic mass is 10.2. The van der Waals surface area contributed by atoms with Crippen molar-refractivity contribution < 1.29 is 14.3 Å². The Morgan fingerprint density at radius 2 is 2.13 bits per heavy atom. The first-order chi connectivity index (χ1) is 11.0. The Morgan fingerprint density at radius 3 is 2.74 bits per heavy atom. The van der Waals surface area contributed by atoms with Gasteiger partial charge in [0.25, 0.3) is 0 Å². The van der Waals surface area contributed by atoms with Gasteiger partial charge in [-0.1, -0.05) is 6.92 Å². The third-order valence-electron chi connectivity index (χ3n) is 3.59. The lowest BCUT2D eigenvalue weighted by molar-refractivity contribution is -0.120. The highest BCUT2D eigenvalue weighted by Crippen LogP contribution is 2.25. The van der Waals surface area contributed by atoms with E-state index in [-0.39, 0.29) is 24.4 Å². The summed E-state index contributed by atoms with van der Waals surface area (Å²) in [6.45, 7) is 4.87. The van der Waals surface area contributed by atoms with Crippen molar-refractivity contribution in [1.29, 1.82) is 0 Å². The second-order valence-electron chi connectivity index (χ2n) is 5.06. The summed E-state index contributed by atoms with van der Waals surface area (Å²) in [5.74, 6) is -0.463. The minimum atomic E-state index is -0.356. The Hall–Kier alpha value is -1.83. The van der Waals surface area contributed by atoms with Crippen molar-refractivity contribution in [3.05, 3.63) is 35.5 Å². The molecule has 0 aliphatic carbocycles. The molecule has 2 aromatic rings. The Kier molecular flexibility index (Phi) is 6.20. The summed E-state index contributed by atoms with van der Waals surface area (Å²) < 4.78 is 12.9. The average Bonchev–Trinajstić information content (AvgIpc) is 3.01. The monoisotopic (exact) mass is 337 g/mol. The number of amides is 1. The van der Waals surface area contributed by atoms with E-state index in [9.17, 15) is 9.18 Å². The fourth-order valence-electron chi connectivity index (χ4n) is 2.21. The summed E-state index contributed by atoms with van der Waals surface area (Å²) in [7, 11) is 0. The van der Waals surface area contributed by atoms with Crippen LogP contribution in [0, 0.1) is 5.82 Å². The Labute approximate surface area is 138 Å². The van der Waals surface area contributed by atoms with Gasteiger partial charge in [-0.3, -0.25) is 9.69 Å². The van der Waals surface area contributed by atoms with E-state index in [4.69, 9.17) is 5.11 Å². The topological polar surface area (TPSA) is 65.5 Å². The summed E-state index contributed by atoms with van der Waals surface area (Å²) in [5.41, 5.74) is 1.49. The van der Waals surface area contributed by atoms with Crippen LogP contribution >= 0.6 is 11.3 Å². The third kappa shape index (κ3) is 4.57. The van der Waals surface area contributed by atoms with Crippen LogP contribution in [0.2, 0.25) is 0 Å². The van der Waals surface area contributed by atoms with E-state index < -0.39 is 0 Å². The molecule has 2 N–H and O–H groups in total. The third-order valence-corrected chi connectivity index (χ3v) is 4.35. The highest BCUT2D eigenvalue weighted by Gasteiger charge is 2.20. The summed E-state index contributed by atoms with van der Waals surface area (Å²) in [4.78, 5) is 18.5. The summed E-state index contributed by atoms with van der Waals surface area (Å²) >= 11 is 1.32. The molecule has 1 aromatic heterocycles. The van der Waals surface area contributed by atoms with Crippen LogP contribution < -0.4 is 5.32 Å². The molecule has 1 amide bonds. The maximum atomic E-state index is 12.9. The number of benzene rings is 1. The number of aromatic nitrogens is 1. The highest BCUT2D eigenvalue weighted by molar-refractivity contribution is 7.14. The normalized spacial score (nSPS) is 12.4. The molecule has 0 saturated heterocycles. The summed E-state index contributed by atoms with van der Waals surface area (Å²) in [6.07, 6.45) is 0. The molecule has 1 unspecified atom stereocenters. The van der Waals surface area contributed by atoms with Crippen molar-refractivity contribution >= 4 is 22.4 Å². The van der Waals surface area contributed by atoms with E-state index in [2.05, 4.69) is 10.3 Å². The molecule has 1 aromatic carbocycles. The first kappa shape index (κ1) is 17.5. The van der Waals surface area contributed by atoms with E-state index in [0.717, 1.165) is 5.56 Å². The van der Waals surface area contributed by atoms with Crippen molar-refractivity contribution in [3.8, 4) is 11.3 Å². The van der Waals surface area contributed by atoms with Gasteiger partial charge in [0.05, 0.1) is 18.3 Å². The summed E-state index contributed by atoms with van der Waals surface area (Å²) in [6, 6.07) is 5.70. The number of aliphatic hydroxyl groups excluding tert-OH is 1. The SMILES string of the molecule is CCN(CCO)C(C)C(=O)Nc1nc(-c2ccc(F)cc2)cs1.